The van der Waals surface area contributed by atoms with Crippen molar-refractivity contribution < 1.29 is 9.53 Å². The molecule has 1 rings (SSSR count). The second kappa shape index (κ2) is 4.32. The Morgan fingerprint density at radius 1 is 1.33 bits per heavy atom. The molecule has 0 aromatic heterocycles. The number of ether oxygens (including phenoxy) is 1. The highest BCUT2D eigenvalue weighted by Crippen LogP contribution is 2.25. The Morgan fingerprint density at radius 2 is 1.93 bits per heavy atom. The van der Waals surface area contributed by atoms with Gasteiger partial charge in [0.15, 0.2) is 0 Å². The van der Waals surface area contributed by atoms with E-state index in [0.29, 0.717) is 5.56 Å². The van der Waals surface area contributed by atoms with Crippen LogP contribution in [0.3, 0.4) is 0 Å². The van der Waals surface area contributed by atoms with E-state index >= 15 is 0 Å². The molecular weight excluding hydrogens is 207 g/mol. The molecule has 0 amide bonds. The molecule has 1 aromatic rings. The Labute approximate surface area is 93.2 Å². The van der Waals surface area contributed by atoms with Crippen LogP contribution in [0.1, 0.15) is 36.7 Å². The van der Waals surface area contributed by atoms with E-state index in [4.69, 9.17) is 4.74 Å². The van der Waals surface area contributed by atoms with Gasteiger partial charge in [-0.15, -0.1) is 9.24 Å². The summed E-state index contributed by atoms with van der Waals surface area (Å²) >= 11 is 0. The number of esters is 1. The lowest BCUT2D eigenvalue weighted by atomic mass is 9.84. The van der Waals surface area contributed by atoms with Crippen LogP contribution in [0.5, 0.6) is 0 Å². The fourth-order valence-corrected chi connectivity index (χ4v) is 1.76. The van der Waals surface area contributed by atoms with Gasteiger partial charge in [0.2, 0.25) is 0 Å². The molecule has 1 atom stereocenters. The Bertz CT molecular complexity index is 378. The van der Waals surface area contributed by atoms with Crippen LogP contribution in [0.2, 0.25) is 0 Å². The van der Waals surface area contributed by atoms with Crippen LogP contribution in [-0.2, 0) is 10.2 Å². The summed E-state index contributed by atoms with van der Waals surface area (Å²) in [4.78, 5) is 11.6. The van der Waals surface area contributed by atoms with Gasteiger partial charge in [0.25, 0.3) is 0 Å². The molecule has 0 bridgehead atoms. The summed E-state index contributed by atoms with van der Waals surface area (Å²) < 4.78 is 4.78. The van der Waals surface area contributed by atoms with E-state index in [0.717, 1.165) is 10.9 Å². The number of carbonyl (C=O) groups excluding carboxylic acids is 1. The number of rotatable bonds is 1. The summed E-state index contributed by atoms with van der Waals surface area (Å²) in [7, 11) is 3.99. The molecule has 0 aliphatic carbocycles. The van der Waals surface area contributed by atoms with Crippen LogP contribution in [0.4, 0.5) is 0 Å². The average molecular weight is 224 g/mol. The number of carbonyl (C=O) groups is 1. The van der Waals surface area contributed by atoms with Crippen LogP contribution in [0, 0.1) is 0 Å². The summed E-state index contributed by atoms with van der Waals surface area (Å²) in [5, 5.41) is 0.989. The summed E-state index contributed by atoms with van der Waals surface area (Å²) in [5.41, 5.74) is 1.61. The fourth-order valence-electron chi connectivity index (χ4n) is 1.49. The second-order valence-electron chi connectivity index (χ2n) is 4.55. The lowest BCUT2D eigenvalue weighted by Crippen LogP contribution is -2.19. The minimum absolute atomic E-state index is 0.0537. The van der Waals surface area contributed by atoms with Crippen molar-refractivity contribution in [3.63, 3.8) is 0 Å². The van der Waals surface area contributed by atoms with Gasteiger partial charge in [-0.05, 0) is 22.3 Å². The summed E-state index contributed by atoms with van der Waals surface area (Å²) in [6, 6.07) is 5.81. The van der Waals surface area contributed by atoms with Gasteiger partial charge < -0.3 is 4.74 Å². The molecule has 0 aliphatic heterocycles. The van der Waals surface area contributed by atoms with Gasteiger partial charge in [0.05, 0.1) is 12.7 Å². The lowest BCUT2D eigenvalue weighted by molar-refractivity contribution is 0.0598. The first-order valence-electron chi connectivity index (χ1n) is 4.84. The molecule has 0 heterocycles. The van der Waals surface area contributed by atoms with E-state index in [-0.39, 0.29) is 11.4 Å². The number of hydrogen-bond donors (Lipinski definition) is 0. The van der Waals surface area contributed by atoms with Crippen molar-refractivity contribution in [3.8, 4) is 0 Å². The Morgan fingerprint density at radius 3 is 2.40 bits per heavy atom. The van der Waals surface area contributed by atoms with Crippen LogP contribution >= 0.6 is 9.24 Å². The number of benzene rings is 1. The van der Waals surface area contributed by atoms with Crippen LogP contribution < -0.4 is 5.30 Å². The van der Waals surface area contributed by atoms with Gasteiger partial charge >= 0.3 is 5.97 Å². The second-order valence-corrected chi connectivity index (χ2v) is 5.21. The summed E-state index contributed by atoms with van der Waals surface area (Å²) in [6.07, 6.45) is 0. The first-order chi connectivity index (χ1) is 6.86. The zero-order valence-corrected chi connectivity index (χ0v) is 10.8. The monoisotopic (exact) mass is 224 g/mol. The van der Waals surface area contributed by atoms with Gasteiger partial charge in [0.1, 0.15) is 0 Å². The molecule has 0 N–H and O–H groups in total. The molecule has 0 aliphatic rings. The van der Waals surface area contributed by atoms with E-state index in [1.165, 1.54) is 7.11 Å². The molecule has 0 saturated carbocycles. The van der Waals surface area contributed by atoms with Crippen LogP contribution in [0.25, 0.3) is 0 Å². The lowest BCUT2D eigenvalue weighted by Gasteiger charge is -2.22. The molecule has 1 aromatic carbocycles. The van der Waals surface area contributed by atoms with Gasteiger partial charge in [-0.3, -0.25) is 0 Å². The van der Waals surface area contributed by atoms with Crippen molar-refractivity contribution in [2.24, 2.45) is 0 Å². The van der Waals surface area contributed by atoms with E-state index < -0.39 is 0 Å². The van der Waals surface area contributed by atoms with Crippen LogP contribution in [0.15, 0.2) is 18.2 Å². The molecule has 0 saturated heterocycles. The molecule has 15 heavy (non-hydrogen) atoms. The Kier molecular flexibility index (Phi) is 3.51. The third-order valence-corrected chi connectivity index (χ3v) is 2.62. The summed E-state index contributed by atoms with van der Waals surface area (Å²) in [6.45, 7) is 6.24. The van der Waals surface area contributed by atoms with Crippen LogP contribution in [-0.4, -0.2) is 13.1 Å². The first-order valence-corrected chi connectivity index (χ1v) is 5.42. The maximum absolute atomic E-state index is 11.6. The highest BCUT2D eigenvalue weighted by atomic mass is 31.0. The highest BCUT2D eigenvalue weighted by molar-refractivity contribution is 7.27. The van der Waals surface area contributed by atoms with Crippen molar-refractivity contribution in [1.82, 2.24) is 0 Å². The topological polar surface area (TPSA) is 26.3 Å². The quantitative estimate of drug-likeness (QED) is 0.540. The van der Waals surface area contributed by atoms with E-state index in [1.54, 1.807) is 0 Å². The molecule has 0 fully saturated rings. The standard InChI is InChI=1S/C12H17O2P/c1-12(2,3)10-6-5-8(15)7-9(10)11(13)14-4/h5-7H,15H2,1-4H3. The predicted octanol–water partition coefficient (Wildman–Crippen LogP) is 2.27. The summed E-state index contributed by atoms with van der Waals surface area (Å²) in [5.74, 6) is -0.274. The smallest absolute Gasteiger partial charge is 0.338 e. The van der Waals surface area contributed by atoms with Crippen molar-refractivity contribution >= 4 is 20.5 Å². The van der Waals surface area contributed by atoms with Crippen molar-refractivity contribution in [1.29, 1.82) is 0 Å². The normalized spacial score (nSPS) is 11.3. The molecule has 3 heteroatoms. The molecule has 0 spiro atoms. The van der Waals surface area contributed by atoms with Gasteiger partial charge in [-0.25, -0.2) is 4.79 Å². The van der Waals surface area contributed by atoms with Gasteiger partial charge in [0, 0.05) is 0 Å². The maximum Gasteiger partial charge on any atom is 0.338 e. The highest BCUT2D eigenvalue weighted by Gasteiger charge is 2.21. The van der Waals surface area contributed by atoms with E-state index in [1.807, 2.05) is 18.2 Å². The Hall–Kier alpha value is -0.880. The SMILES string of the molecule is COC(=O)c1cc(P)ccc1C(C)(C)C. The molecule has 1 unspecified atom stereocenters. The maximum atomic E-state index is 11.6. The minimum atomic E-state index is -0.274. The molecule has 82 valence electrons. The van der Waals surface area contributed by atoms with Crippen molar-refractivity contribution in [3.05, 3.63) is 29.3 Å². The average Bonchev–Trinajstić information content (AvgIpc) is 2.14. The fraction of sp³-hybridized carbons (Fsp3) is 0.417. The molecular formula is C12H17O2P. The minimum Gasteiger partial charge on any atom is -0.465 e. The zero-order valence-electron chi connectivity index (χ0n) is 9.63. The number of hydrogen-bond acceptors (Lipinski definition) is 2. The largest absolute Gasteiger partial charge is 0.465 e. The van der Waals surface area contributed by atoms with Gasteiger partial charge in [-0.1, -0.05) is 32.9 Å². The van der Waals surface area contributed by atoms with Crippen molar-refractivity contribution in [2.75, 3.05) is 7.11 Å². The molecule has 2 nitrogen and oxygen atoms in total. The van der Waals surface area contributed by atoms with E-state index in [2.05, 4.69) is 30.0 Å². The third kappa shape index (κ3) is 2.79. The number of methoxy groups -OCH3 is 1. The van der Waals surface area contributed by atoms with E-state index in [9.17, 15) is 4.79 Å². The zero-order chi connectivity index (χ0) is 11.6. The predicted molar refractivity (Wildman–Crippen MR) is 65.8 cm³/mol. The third-order valence-electron chi connectivity index (χ3n) is 2.26. The van der Waals surface area contributed by atoms with Gasteiger partial charge in [-0.2, -0.15) is 0 Å². The van der Waals surface area contributed by atoms with Crippen molar-refractivity contribution in [2.45, 2.75) is 26.2 Å². The Balaban J connectivity index is 3.33. The first kappa shape index (κ1) is 12.2. The molecule has 0 radical (unpaired) electrons.